The van der Waals surface area contributed by atoms with Gasteiger partial charge in [0.25, 0.3) is 5.91 Å². The van der Waals surface area contributed by atoms with E-state index in [1.807, 2.05) is 6.07 Å². The third-order valence-corrected chi connectivity index (χ3v) is 8.34. The normalized spacial score (nSPS) is 17.4. The fourth-order valence-corrected chi connectivity index (χ4v) is 6.04. The molecule has 3 aromatic rings. The van der Waals surface area contributed by atoms with Crippen molar-refractivity contribution in [2.75, 3.05) is 31.1 Å². The second-order valence-electron chi connectivity index (χ2n) is 8.49. The van der Waals surface area contributed by atoms with Gasteiger partial charge in [-0.2, -0.15) is 13.4 Å². The second-order valence-corrected chi connectivity index (χ2v) is 11.0. The van der Waals surface area contributed by atoms with Gasteiger partial charge in [-0.1, -0.05) is 48.5 Å². The fraction of sp³-hybridized carbons (Fsp3) is 0.185. The van der Waals surface area contributed by atoms with Gasteiger partial charge in [0.05, 0.1) is 4.91 Å². The van der Waals surface area contributed by atoms with Crippen LogP contribution in [0.5, 0.6) is 5.75 Å². The van der Waals surface area contributed by atoms with Crippen LogP contribution in [0, 0.1) is 6.92 Å². The van der Waals surface area contributed by atoms with Gasteiger partial charge in [0.1, 0.15) is 10.6 Å². The molecule has 0 atom stereocenters. The number of hydrogen-bond donors (Lipinski definition) is 0. The largest absolute Gasteiger partial charge is 0.379 e. The number of anilines is 1. The van der Waals surface area contributed by atoms with E-state index in [2.05, 4.69) is 39.9 Å². The Bertz CT molecular complexity index is 1430. The third-order valence-electron chi connectivity index (χ3n) is 6.03. The highest BCUT2D eigenvalue weighted by Crippen LogP contribution is 2.32. The van der Waals surface area contributed by atoms with Gasteiger partial charge in [-0.3, -0.25) is 4.79 Å². The SMILES string of the molecule is Cc1ccccc1N1CCN(C2=NC(=O)C(=Cc3ccc(OS(=O)(=O)c4ccccc4)cc3)S2)CC1. The van der Waals surface area contributed by atoms with Crippen molar-refractivity contribution in [3.63, 3.8) is 0 Å². The number of aryl methyl sites for hydroxylation is 1. The molecule has 0 aromatic heterocycles. The molecule has 0 N–H and O–H groups in total. The molecular formula is C27H25N3O4S2. The Labute approximate surface area is 215 Å². The first kappa shape index (κ1) is 24.1. The maximum Gasteiger partial charge on any atom is 0.339 e. The van der Waals surface area contributed by atoms with E-state index in [1.165, 1.54) is 35.1 Å². The number of piperazine rings is 1. The average Bonchev–Trinajstić information content (AvgIpc) is 3.26. The number of amidine groups is 1. The maximum atomic E-state index is 12.6. The molecule has 0 spiro atoms. The average molecular weight is 520 g/mol. The number of benzene rings is 3. The number of rotatable bonds is 5. The molecule has 36 heavy (non-hydrogen) atoms. The van der Waals surface area contributed by atoms with Crippen LogP contribution in [0.15, 0.2) is 93.7 Å². The van der Waals surface area contributed by atoms with E-state index >= 15 is 0 Å². The zero-order valence-corrected chi connectivity index (χ0v) is 21.3. The summed E-state index contributed by atoms with van der Waals surface area (Å²) in [5, 5.41) is 0.726. The van der Waals surface area contributed by atoms with Crippen LogP contribution in [0.1, 0.15) is 11.1 Å². The highest BCUT2D eigenvalue weighted by Gasteiger charge is 2.28. The summed E-state index contributed by atoms with van der Waals surface area (Å²) in [6.45, 7) is 5.44. The number of thioether (sulfide) groups is 1. The highest BCUT2D eigenvalue weighted by molar-refractivity contribution is 8.18. The van der Waals surface area contributed by atoms with Gasteiger partial charge >= 0.3 is 10.1 Å². The minimum atomic E-state index is -3.90. The van der Waals surface area contributed by atoms with Crippen LogP contribution >= 0.6 is 11.8 Å². The number of para-hydroxylation sites is 1. The topological polar surface area (TPSA) is 79.3 Å². The monoisotopic (exact) mass is 519 g/mol. The Balaban J connectivity index is 1.20. The molecule has 2 aliphatic rings. The van der Waals surface area contributed by atoms with Crippen LogP contribution in [-0.4, -0.2) is 50.6 Å². The summed E-state index contributed by atoms with van der Waals surface area (Å²) in [5.41, 5.74) is 3.27. The van der Waals surface area contributed by atoms with Gasteiger partial charge < -0.3 is 14.0 Å². The summed E-state index contributed by atoms with van der Waals surface area (Å²) < 4.78 is 30.0. The van der Waals surface area contributed by atoms with Gasteiger partial charge in [0, 0.05) is 31.9 Å². The van der Waals surface area contributed by atoms with Crippen molar-refractivity contribution >= 4 is 44.7 Å². The quantitative estimate of drug-likeness (QED) is 0.361. The first-order chi connectivity index (χ1) is 17.4. The van der Waals surface area contributed by atoms with E-state index in [4.69, 9.17) is 4.18 Å². The molecule has 1 amide bonds. The van der Waals surface area contributed by atoms with Crippen molar-refractivity contribution in [3.05, 3.63) is 94.9 Å². The van der Waals surface area contributed by atoms with Crippen LogP contribution in [0.2, 0.25) is 0 Å². The Hall–Kier alpha value is -3.56. The number of hydrogen-bond acceptors (Lipinski definition) is 7. The van der Waals surface area contributed by atoms with Crippen molar-refractivity contribution in [3.8, 4) is 5.75 Å². The second kappa shape index (κ2) is 10.2. The van der Waals surface area contributed by atoms with E-state index < -0.39 is 10.1 Å². The lowest BCUT2D eigenvalue weighted by molar-refractivity contribution is -0.113. The molecule has 2 aliphatic heterocycles. The highest BCUT2D eigenvalue weighted by atomic mass is 32.2. The molecular weight excluding hydrogens is 494 g/mol. The number of amides is 1. The molecule has 0 saturated carbocycles. The van der Waals surface area contributed by atoms with Crippen LogP contribution in [-0.2, 0) is 14.9 Å². The van der Waals surface area contributed by atoms with Crippen molar-refractivity contribution in [2.24, 2.45) is 4.99 Å². The van der Waals surface area contributed by atoms with Gasteiger partial charge in [-0.05, 0) is 66.2 Å². The minimum absolute atomic E-state index is 0.0913. The molecule has 9 heteroatoms. The first-order valence-electron chi connectivity index (χ1n) is 11.6. The number of carbonyl (C=O) groups excluding carboxylic acids is 1. The lowest BCUT2D eigenvalue weighted by atomic mass is 10.1. The van der Waals surface area contributed by atoms with Crippen LogP contribution in [0.25, 0.3) is 6.08 Å². The Kier molecular flexibility index (Phi) is 6.84. The van der Waals surface area contributed by atoms with Crippen molar-refractivity contribution < 1.29 is 17.4 Å². The van der Waals surface area contributed by atoms with Gasteiger partial charge in [-0.15, -0.1) is 0 Å². The molecule has 7 nitrogen and oxygen atoms in total. The fourth-order valence-electron chi connectivity index (χ4n) is 4.12. The first-order valence-corrected chi connectivity index (χ1v) is 13.8. The predicted molar refractivity (Wildman–Crippen MR) is 144 cm³/mol. The molecule has 3 aromatic carbocycles. The van der Waals surface area contributed by atoms with E-state index in [-0.39, 0.29) is 16.6 Å². The van der Waals surface area contributed by atoms with E-state index in [0.717, 1.165) is 36.9 Å². The third kappa shape index (κ3) is 5.32. The van der Waals surface area contributed by atoms with Crippen LogP contribution < -0.4 is 9.08 Å². The van der Waals surface area contributed by atoms with Crippen molar-refractivity contribution in [1.82, 2.24) is 4.90 Å². The smallest absolute Gasteiger partial charge is 0.339 e. The summed E-state index contributed by atoms with van der Waals surface area (Å²) in [6, 6.07) is 22.9. The molecule has 0 unspecified atom stereocenters. The predicted octanol–water partition coefficient (Wildman–Crippen LogP) is 4.56. The molecule has 0 aliphatic carbocycles. The lowest BCUT2D eigenvalue weighted by Crippen LogP contribution is -2.48. The number of carbonyl (C=O) groups is 1. The molecule has 0 radical (unpaired) electrons. The van der Waals surface area contributed by atoms with E-state index in [1.54, 1.807) is 48.5 Å². The van der Waals surface area contributed by atoms with Crippen LogP contribution in [0.4, 0.5) is 5.69 Å². The number of aliphatic imine (C=N–C) groups is 1. The molecule has 0 bridgehead atoms. The minimum Gasteiger partial charge on any atom is -0.379 e. The molecule has 2 heterocycles. The van der Waals surface area contributed by atoms with Crippen LogP contribution in [0.3, 0.4) is 0 Å². The van der Waals surface area contributed by atoms with E-state index in [0.29, 0.717) is 4.91 Å². The summed E-state index contributed by atoms with van der Waals surface area (Å²) >= 11 is 1.37. The summed E-state index contributed by atoms with van der Waals surface area (Å²) in [6.07, 6.45) is 1.77. The van der Waals surface area contributed by atoms with E-state index in [9.17, 15) is 13.2 Å². The Morgan fingerprint density at radius 1 is 0.861 bits per heavy atom. The number of nitrogens with zero attached hydrogens (tertiary/aromatic N) is 3. The summed E-state index contributed by atoms with van der Waals surface area (Å²) in [5.74, 6) is -0.0572. The summed E-state index contributed by atoms with van der Waals surface area (Å²) in [4.78, 5) is 22.0. The van der Waals surface area contributed by atoms with Gasteiger partial charge in [0.15, 0.2) is 5.17 Å². The summed E-state index contributed by atoms with van der Waals surface area (Å²) in [7, 11) is -3.90. The molecule has 1 saturated heterocycles. The van der Waals surface area contributed by atoms with Crippen molar-refractivity contribution in [1.29, 1.82) is 0 Å². The molecule has 5 rings (SSSR count). The van der Waals surface area contributed by atoms with Crippen molar-refractivity contribution in [2.45, 2.75) is 11.8 Å². The Morgan fingerprint density at radius 2 is 1.50 bits per heavy atom. The lowest BCUT2D eigenvalue weighted by Gasteiger charge is -2.37. The zero-order valence-electron chi connectivity index (χ0n) is 19.7. The zero-order chi connectivity index (χ0) is 25.1. The standard InChI is InChI=1S/C27H25N3O4S2/c1-20-7-5-6-10-24(20)29-15-17-30(18-16-29)27-28-26(31)25(35-27)19-21-11-13-22(14-12-21)34-36(32,33)23-8-3-2-4-9-23/h2-14,19H,15-18H2,1H3. The van der Waals surface area contributed by atoms with Gasteiger partial charge in [0.2, 0.25) is 0 Å². The molecule has 1 fully saturated rings. The molecule has 184 valence electrons. The maximum absolute atomic E-state index is 12.6. The van der Waals surface area contributed by atoms with Gasteiger partial charge in [-0.25, -0.2) is 0 Å². The Morgan fingerprint density at radius 3 is 2.19 bits per heavy atom.